The average Bonchev–Trinajstić information content (AvgIpc) is 3.14. The topological polar surface area (TPSA) is 135 Å². The Labute approximate surface area is 319 Å². The second-order valence-electron chi connectivity index (χ2n) is 15.5. The molecule has 1 aliphatic rings. The summed E-state index contributed by atoms with van der Waals surface area (Å²) in [7, 11) is 0. The smallest absolute Gasteiger partial charge is 0.306 e. The fourth-order valence-corrected chi connectivity index (χ4v) is 7.02. The van der Waals surface area contributed by atoms with E-state index in [0.717, 1.165) is 44.9 Å². The molecular formula is C43H84O9. The zero-order chi connectivity index (χ0) is 37.9. The predicted octanol–water partition coefficient (Wildman–Crippen LogP) is 9.47. The van der Waals surface area contributed by atoms with Crippen LogP contribution in [0.4, 0.5) is 0 Å². The molecule has 0 radical (unpaired) electrons. The quantitative estimate of drug-likeness (QED) is 0.0360. The summed E-state index contributed by atoms with van der Waals surface area (Å²) in [6.45, 7) is 4.50. The van der Waals surface area contributed by atoms with E-state index in [-0.39, 0.29) is 19.2 Å². The number of ether oxygens (including phenoxy) is 4. The molecule has 6 atom stereocenters. The molecule has 1 saturated heterocycles. The van der Waals surface area contributed by atoms with E-state index >= 15 is 0 Å². The summed E-state index contributed by atoms with van der Waals surface area (Å²) in [5.74, 6) is -0.322. The van der Waals surface area contributed by atoms with E-state index in [4.69, 9.17) is 18.9 Å². The van der Waals surface area contributed by atoms with Crippen LogP contribution in [0.15, 0.2) is 0 Å². The molecule has 6 unspecified atom stereocenters. The number of hydrogen-bond donors (Lipinski definition) is 4. The summed E-state index contributed by atoms with van der Waals surface area (Å²) < 4.78 is 22.6. The highest BCUT2D eigenvalue weighted by atomic mass is 16.7. The molecule has 0 amide bonds. The Bertz CT molecular complexity index is 767. The second-order valence-corrected chi connectivity index (χ2v) is 15.5. The molecule has 1 aliphatic heterocycles. The van der Waals surface area contributed by atoms with Gasteiger partial charge in [0.1, 0.15) is 30.5 Å². The Balaban J connectivity index is 2.06. The van der Waals surface area contributed by atoms with Gasteiger partial charge in [-0.3, -0.25) is 4.79 Å². The highest BCUT2D eigenvalue weighted by Crippen LogP contribution is 2.23. The van der Waals surface area contributed by atoms with Gasteiger partial charge in [0.15, 0.2) is 6.29 Å². The van der Waals surface area contributed by atoms with E-state index in [1.807, 2.05) is 0 Å². The van der Waals surface area contributed by atoms with Crippen LogP contribution in [0.25, 0.3) is 0 Å². The van der Waals surface area contributed by atoms with Crippen molar-refractivity contribution in [3.63, 3.8) is 0 Å². The summed E-state index contributed by atoms with van der Waals surface area (Å²) in [4.78, 5) is 12.5. The van der Waals surface area contributed by atoms with Gasteiger partial charge in [-0.15, -0.1) is 0 Å². The third kappa shape index (κ3) is 26.9. The Morgan fingerprint density at radius 3 is 1.37 bits per heavy atom. The van der Waals surface area contributed by atoms with E-state index in [1.165, 1.54) is 141 Å². The minimum atomic E-state index is -1.53. The molecule has 4 N–H and O–H groups in total. The van der Waals surface area contributed by atoms with Crippen molar-refractivity contribution in [3.05, 3.63) is 0 Å². The molecule has 9 heteroatoms. The Kier molecular flexibility index (Phi) is 33.9. The number of aliphatic hydroxyl groups excluding tert-OH is 4. The fourth-order valence-electron chi connectivity index (χ4n) is 7.02. The maximum atomic E-state index is 12.5. The summed E-state index contributed by atoms with van der Waals surface area (Å²) in [6.07, 6.45) is 30.5. The van der Waals surface area contributed by atoms with Gasteiger partial charge in [0.25, 0.3) is 0 Å². The van der Waals surface area contributed by atoms with E-state index < -0.39 is 43.4 Å². The molecule has 0 aromatic rings. The standard InChI is InChI=1S/C43H84O9/c1-3-5-7-9-10-11-12-13-14-15-16-17-18-19-20-21-22-23-24-25-26-27-29-31-33-49-35-37(51-39(45)32-30-28-8-6-4-2)36-50-43-42(48)41(47)40(46)38(34-44)52-43/h37-38,40-44,46-48H,3-36H2,1-2H3. The first kappa shape index (κ1) is 49.2. The molecule has 1 fully saturated rings. The molecule has 0 spiro atoms. The lowest BCUT2D eigenvalue weighted by atomic mass is 9.99. The molecule has 0 saturated carbocycles. The van der Waals surface area contributed by atoms with Crippen LogP contribution in [-0.4, -0.2) is 89.6 Å². The number of rotatable bonds is 38. The lowest BCUT2D eigenvalue weighted by molar-refractivity contribution is -0.305. The molecule has 52 heavy (non-hydrogen) atoms. The van der Waals surface area contributed by atoms with Gasteiger partial charge in [-0.05, 0) is 12.8 Å². The van der Waals surface area contributed by atoms with Gasteiger partial charge in [0, 0.05) is 13.0 Å². The van der Waals surface area contributed by atoms with Gasteiger partial charge in [-0.2, -0.15) is 0 Å². The van der Waals surface area contributed by atoms with Crippen LogP contribution < -0.4 is 0 Å². The molecule has 0 aromatic heterocycles. The third-order valence-electron chi connectivity index (χ3n) is 10.5. The van der Waals surface area contributed by atoms with Crippen molar-refractivity contribution in [3.8, 4) is 0 Å². The molecular weight excluding hydrogens is 660 g/mol. The van der Waals surface area contributed by atoms with Gasteiger partial charge in [0.05, 0.1) is 19.8 Å². The molecule has 310 valence electrons. The van der Waals surface area contributed by atoms with Crippen LogP contribution in [0.5, 0.6) is 0 Å². The Morgan fingerprint density at radius 1 is 0.538 bits per heavy atom. The predicted molar refractivity (Wildman–Crippen MR) is 210 cm³/mol. The van der Waals surface area contributed by atoms with Crippen molar-refractivity contribution in [2.24, 2.45) is 0 Å². The second kappa shape index (κ2) is 35.9. The lowest BCUT2D eigenvalue weighted by Crippen LogP contribution is -2.59. The summed E-state index contributed by atoms with van der Waals surface area (Å²) in [5.41, 5.74) is 0. The molecule has 0 bridgehead atoms. The molecule has 0 aromatic carbocycles. The fraction of sp³-hybridized carbons (Fsp3) is 0.977. The molecule has 1 rings (SSSR count). The maximum Gasteiger partial charge on any atom is 0.306 e. The largest absolute Gasteiger partial charge is 0.457 e. The van der Waals surface area contributed by atoms with Crippen molar-refractivity contribution < 1.29 is 44.2 Å². The summed E-state index contributed by atoms with van der Waals surface area (Å²) >= 11 is 0. The molecule has 1 heterocycles. The molecule has 0 aliphatic carbocycles. The Morgan fingerprint density at radius 2 is 0.942 bits per heavy atom. The summed E-state index contributed by atoms with van der Waals surface area (Å²) in [5, 5.41) is 39.8. The average molecular weight is 745 g/mol. The zero-order valence-electron chi connectivity index (χ0n) is 33.8. The van der Waals surface area contributed by atoms with Crippen LogP contribution in [0, 0.1) is 0 Å². The summed E-state index contributed by atoms with van der Waals surface area (Å²) in [6, 6.07) is 0. The van der Waals surface area contributed by atoms with Crippen LogP contribution in [0.1, 0.15) is 206 Å². The first-order valence-electron chi connectivity index (χ1n) is 22.1. The van der Waals surface area contributed by atoms with E-state index in [0.29, 0.717) is 13.0 Å². The van der Waals surface area contributed by atoms with E-state index in [9.17, 15) is 25.2 Å². The van der Waals surface area contributed by atoms with Gasteiger partial charge in [0.2, 0.25) is 0 Å². The Hall–Kier alpha value is -0.810. The molecule has 9 nitrogen and oxygen atoms in total. The normalized spacial score (nSPS) is 21.1. The van der Waals surface area contributed by atoms with Crippen LogP contribution in [0.2, 0.25) is 0 Å². The van der Waals surface area contributed by atoms with E-state index in [1.54, 1.807) is 0 Å². The first-order chi connectivity index (χ1) is 25.4. The first-order valence-corrected chi connectivity index (χ1v) is 22.1. The van der Waals surface area contributed by atoms with Gasteiger partial charge in [-0.1, -0.05) is 187 Å². The maximum absolute atomic E-state index is 12.5. The number of esters is 1. The minimum absolute atomic E-state index is 0.107. The van der Waals surface area contributed by atoms with Crippen LogP contribution >= 0.6 is 0 Å². The number of hydrogen-bond acceptors (Lipinski definition) is 9. The van der Waals surface area contributed by atoms with Crippen molar-refractivity contribution in [2.75, 3.05) is 26.4 Å². The van der Waals surface area contributed by atoms with E-state index in [2.05, 4.69) is 13.8 Å². The number of carbonyl (C=O) groups excluding carboxylic acids is 1. The van der Waals surface area contributed by atoms with Crippen molar-refractivity contribution in [1.29, 1.82) is 0 Å². The zero-order valence-corrected chi connectivity index (χ0v) is 33.8. The van der Waals surface area contributed by atoms with Crippen molar-refractivity contribution in [1.82, 2.24) is 0 Å². The number of unbranched alkanes of at least 4 members (excludes halogenated alkanes) is 27. The SMILES string of the molecule is CCCCCCCCCCCCCCCCCCCCCCCCCCOCC(COC1OC(CO)C(O)C(O)C1O)OC(=O)CCCCCCC. The van der Waals surface area contributed by atoms with Gasteiger partial charge >= 0.3 is 5.97 Å². The third-order valence-corrected chi connectivity index (χ3v) is 10.5. The highest BCUT2D eigenvalue weighted by Gasteiger charge is 2.44. The lowest BCUT2D eigenvalue weighted by Gasteiger charge is -2.39. The van der Waals surface area contributed by atoms with Crippen molar-refractivity contribution >= 4 is 5.97 Å². The van der Waals surface area contributed by atoms with Crippen LogP contribution in [0.3, 0.4) is 0 Å². The number of carbonyl (C=O) groups is 1. The monoisotopic (exact) mass is 745 g/mol. The number of aliphatic hydroxyl groups is 4. The van der Waals surface area contributed by atoms with Gasteiger partial charge in [-0.25, -0.2) is 0 Å². The van der Waals surface area contributed by atoms with Crippen molar-refractivity contribution in [2.45, 2.75) is 243 Å². The van der Waals surface area contributed by atoms with Crippen LogP contribution in [-0.2, 0) is 23.7 Å². The minimum Gasteiger partial charge on any atom is -0.457 e. The van der Waals surface area contributed by atoms with Gasteiger partial charge < -0.3 is 39.4 Å². The highest BCUT2D eigenvalue weighted by molar-refractivity contribution is 5.69.